The van der Waals surface area contributed by atoms with Gasteiger partial charge in [0.15, 0.2) is 30.8 Å². The monoisotopic (exact) mass is 610 g/mol. The summed E-state index contributed by atoms with van der Waals surface area (Å²) in [6, 6.07) is 8.11. The molecule has 0 radical (unpaired) electrons. The second-order valence-corrected chi connectivity index (χ2v) is 18.7. The van der Waals surface area contributed by atoms with Gasteiger partial charge in [-0.3, -0.25) is 0 Å². The molecule has 0 saturated heterocycles. The summed E-state index contributed by atoms with van der Waals surface area (Å²) in [6.07, 6.45) is 2.57. The summed E-state index contributed by atoms with van der Waals surface area (Å²) in [4.78, 5) is 23.7. The number of benzene rings is 1. The van der Waals surface area contributed by atoms with E-state index in [1.165, 1.54) is 24.0 Å². The van der Waals surface area contributed by atoms with Crippen LogP contribution in [0.2, 0.25) is 18.1 Å². The lowest BCUT2D eigenvalue weighted by atomic mass is 9.99. The van der Waals surface area contributed by atoms with Gasteiger partial charge in [-0.25, -0.2) is 14.8 Å². The smallest absolute Gasteiger partial charge is 0.357 e. The Bertz CT molecular complexity index is 1510. The fraction of sp³-hybridized carbons (Fsp3) is 0.483. The lowest BCUT2D eigenvalue weighted by Gasteiger charge is -2.41. The molecule has 0 aliphatic carbocycles. The quantitative estimate of drug-likeness (QED) is 0.162. The van der Waals surface area contributed by atoms with Crippen LogP contribution in [0.15, 0.2) is 29.6 Å². The highest BCUT2D eigenvalue weighted by Gasteiger charge is 2.39. The predicted molar refractivity (Wildman–Crippen MR) is 169 cm³/mol. The normalized spacial score (nSPS) is 14.7. The first-order chi connectivity index (χ1) is 19.5. The van der Waals surface area contributed by atoms with E-state index in [4.69, 9.17) is 19.2 Å². The Hall–Kier alpha value is -2.93. The molecule has 218 valence electrons. The number of hydrogen-bond donors (Lipinski definition) is 1. The van der Waals surface area contributed by atoms with Crippen LogP contribution in [0.25, 0.3) is 10.2 Å². The first-order valence-corrected chi connectivity index (χ1v) is 18.5. The summed E-state index contributed by atoms with van der Waals surface area (Å²) in [5, 5.41) is 16.4. The lowest BCUT2D eigenvalue weighted by molar-refractivity contribution is 0.0594. The van der Waals surface area contributed by atoms with Gasteiger partial charge in [0.25, 0.3) is 0 Å². The average molecular weight is 611 g/mol. The van der Waals surface area contributed by atoms with E-state index in [1.807, 2.05) is 18.2 Å². The van der Waals surface area contributed by atoms with Crippen LogP contribution in [-0.4, -0.2) is 60.8 Å². The van der Waals surface area contributed by atoms with E-state index < -0.39 is 14.3 Å². The van der Waals surface area contributed by atoms with Gasteiger partial charge in [0.2, 0.25) is 0 Å². The van der Waals surface area contributed by atoms with Crippen molar-refractivity contribution in [1.29, 1.82) is 0 Å². The van der Waals surface area contributed by atoms with Gasteiger partial charge < -0.3 is 19.4 Å². The summed E-state index contributed by atoms with van der Waals surface area (Å²) in [7, 11) is -0.628. The summed E-state index contributed by atoms with van der Waals surface area (Å²) < 4.78 is 12.8. The molecule has 1 atom stereocenters. The van der Waals surface area contributed by atoms with E-state index in [1.54, 1.807) is 16.7 Å². The molecule has 1 aliphatic rings. The van der Waals surface area contributed by atoms with Gasteiger partial charge in [0, 0.05) is 29.5 Å². The van der Waals surface area contributed by atoms with Crippen LogP contribution < -0.4 is 10.2 Å². The van der Waals surface area contributed by atoms with E-state index >= 15 is 0 Å². The molecule has 41 heavy (non-hydrogen) atoms. The van der Waals surface area contributed by atoms with Gasteiger partial charge in [-0.2, -0.15) is 0 Å². The fourth-order valence-corrected chi connectivity index (χ4v) is 7.43. The molecule has 12 heteroatoms. The molecule has 9 nitrogen and oxygen atoms in total. The van der Waals surface area contributed by atoms with Crippen LogP contribution in [0.3, 0.4) is 0 Å². The zero-order chi connectivity index (χ0) is 29.4. The molecule has 5 rings (SSSR count). The van der Waals surface area contributed by atoms with Gasteiger partial charge in [0.1, 0.15) is 0 Å². The van der Waals surface area contributed by atoms with Crippen molar-refractivity contribution in [3.8, 4) is 0 Å². The molecule has 1 N–H and O–H groups in total. The maximum atomic E-state index is 12.1. The summed E-state index contributed by atoms with van der Waals surface area (Å²) in [5.41, 5.74) is 3.60. The van der Waals surface area contributed by atoms with E-state index in [0.29, 0.717) is 18.7 Å². The molecule has 0 bridgehead atoms. The second-order valence-electron chi connectivity index (χ2n) is 11.9. The SMILES string of the molecule is COC(=O)c1csc(CC(CO[Si](C)(C)C(C)(C)C)N2CCCc3c2nnc(Nc2nc4ccccc4s2)c3C)n1. The number of ether oxygens (including phenoxy) is 1. The van der Waals surface area contributed by atoms with Gasteiger partial charge in [-0.1, -0.05) is 44.2 Å². The number of esters is 1. The summed E-state index contributed by atoms with van der Waals surface area (Å²) >= 11 is 3.09. The molecule has 4 heterocycles. The van der Waals surface area contributed by atoms with Gasteiger partial charge in [0.05, 0.1) is 35.0 Å². The Balaban J connectivity index is 1.44. The molecule has 0 fully saturated rings. The minimum absolute atomic E-state index is 0.00315. The highest BCUT2D eigenvalue weighted by molar-refractivity contribution is 7.22. The van der Waals surface area contributed by atoms with Crippen molar-refractivity contribution in [3.63, 3.8) is 0 Å². The number of fused-ring (bicyclic) bond motifs is 2. The number of para-hydroxylation sites is 1. The predicted octanol–water partition coefficient (Wildman–Crippen LogP) is 6.77. The Labute approximate surface area is 250 Å². The maximum Gasteiger partial charge on any atom is 0.357 e. The van der Waals surface area contributed by atoms with Crippen molar-refractivity contribution in [1.82, 2.24) is 20.2 Å². The van der Waals surface area contributed by atoms with Crippen molar-refractivity contribution in [2.45, 2.75) is 71.1 Å². The lowest BCUT2D eigenvalue weighted by Crippen LogP contribution is -2.49. The number of carbonyl (C=O) groups excluding carboxylic acids is 1. The highest BCUT2D eigenvalue weighted by atomic mass is 32.1. The largest absolute Gasteiger partial charge is 0.464 e. The van der Waals surface area contributed by atoms with Gasteiger partial charge in [-0.05, 0) is 50.0 Å². The van der Waals surface area contributed by atoms with Crippen molar-refractivity contribution in [2.24, 2.45) is 0 Å². The van der Waals surface area contributed by atoms with Crippen LogP contribution in [0.1, 0.15) is 53.8 Å². The maximum absolute atomic E-state index is 12.1. The van der Waals surface area contributed by atoms with Crippen LogP contribution in [0, 0.1) is 6.92 Å². The molecule has 3 aromatic heterocycles. The van der Waals surface area contributed by atoms with Crippen LogP contribution >= 0.6 is 22.7 Å². The Morgan fingerprint density at radius 2 is 1.98 bits per heavy atom. The van der Waals surface area contributed by atoms with Crippen LogP contribution in [0.4, 0.5) is 16.8 Å². The summed E-state index contributed by atoms with van der Waals surface area (Å²) in [5.74, 6) is 1.22. The first-order valence-electron chi connectivity index (χ1n) is 13.9. The number of nitrogens with one attached hydrogen (secondary N) is 1. The van der Waals surface area contributed by atoms with Crippen molar-refractivity contribution in [3.05, 3.63) is 51.5 Å². The van der Waals surface area contributed by atoms with Crippen LogP contribution in [-0.2, 0) is 22.0 Å². The molecule has 1 aliphatic heterocycles. The molecule has 1 aromatic carbocycles. The Morgan fingerprint density at radius 1 is 1.20 bits per heavy atom. The molecular weight excluding hydrogens is 573 g/mol. The second kappa shape index (κ2) is 11.7. The molecule has 1 unspecified atom stereocenters. The van der Waals surface area contributed by atoms with E-state index in [9.17, 15) is 4.79 Å². The minimum atomic E-state index is -2.01. The number of hydrogen-bond acceptors (Lipinski definition) is 11. The first kappa shape index (κ1) is 29.6. The van der Waals surface area contributed by atoms with Crippen LogP contribution in [0.5, 0.6) is 0 Å². The van der Waals surface area contributed by atoms with E-state index in [-0.39, 0.29) is 11.1 Å². The zero-order valence-electron chi connectivity index (χ0n) is 24.8. The third-order valence-electron chi connectivity index (χ3n) is 8.18. The van der Waals surface area contributed by atoms with Gasteiger partial charge >= 0.3 is 5.97 Å². The molecule has 4 aromatic rings. The van der Waals surface area contributed by atoms with Crippen molar-refractivity contribution in [2.75, 3.05) is 30.5 Å². The fourth-order valence-electron chi connectivity index (χ4n) is 4.69. The van der Waals surface area contributed by atoms with E-state index in [2.05, 4.69) is 67.2 Å². The van der Waals surface area contributed by atoms with E-state index in [0.717, 1.165) is 56.9 Å². The van der Waals surface area contributed by atoms with Crippen molar-refractivity contribution >= 4 is 63.9 Å². The third kappa shape index (κ3) is 6.30. The molecular formula is C29H38N6O3S2Si. The Kier molecular flexibility index (Phi) is 8.47. The highest BCUT2D eigenvalue weighted by Crippen LogP contribution is 2.38. The number of aromatic nitrogens is 4. The standard InChI is InChI=1S/C29H38N6O3S2Si/c1-18-20-11-10-14-35(26(20)34-33-25(18)32-28-31-21-12-8-9-13-23(21)40-28)19(16-38-41(6,7)29(2,3)4)15-24-30-22(17-39-24)27(36)37-5/h8-9,12-13,17,19H,10-11,14-16H2,1-7H3,(H,31,32,33). The number of thiazole rings is 2. The third-order valence-corrected chi connectivity index (χ3v) is 14.5. The number of anilines is 3. The van der Waals surface area contributed by atoms with Gasteiger partial charge in [-0.15, -0.1) is 21.5 Å². The zero-order valence-corrected chi connectivity index (χ0v) is 27.4. The minimum Gasteiger partial charge on any atom is -0.464 e. The number of carbonyl (C=O) groups is 1. The molecule has 0 spiro atoms. The number of methoxy groups -OCH3 is 1. The topological polar surface area (TPSA) is 102 Å². The average Bonchev–Trinajstić information content (AvgIpc) is 3.58. The summed E-state index contributed by atoms with van der Waals surface area (Å²) in [6.45, 7) is 14.8. The molecule has 0 amide bonds. The molecule has 0 saturated carbocycles. The van der Waals surface area contributed by atoms with Crippen molar-refractivity contribution < 1.29 is 14.0 Å². The number of nitrogens with zero attached hydrogens (tertiary/aromatic N) is 5. The number of rotatable bonds is 9. The Morgan fingerprint density at radius 3 is 2.71 bits per heavy atom.